The highest BCUT2D eigenvalue weighted by Gasteiger charge is 2.52. The standard InChI is InChI=1S/C28H27F2N5O5S/c29-19-5-6-21(22(30)10-19)16-1-3-17(4-2-16)26(37)34-13-24(36)35-15-28(39-7-8-40-28)11-23(35)27(38)33-12-20-9-18(14-41-20)25(31)32/h1-6,9-10,14,23H,7-8,11-13,15H2,(H3,31,32)(H,33,38)(H,34,37). The summed E-state index contributed by atoms with van der Waals surface area (Å²) in [6.07, 6.45) is 0.142. The SMILES string of the molecule is N=C(N)c1csc(CNC(=O)C2CC3(CN2C(=O)CNC(=O)c2ccc(-c4ccc(F)cc4F)cc2)OCCO3)c1. The van der Waals surface area contributed by atoms with Gasteiger partial charge in [0.05, 0.1) is 32.8 Å². The van der Waals surface area contributed by atoms with Crippen LogP contribution in [-0.2, 0) is 25.6 Å². The van der Waals surface area contributed by atoms with Crippen LogP contribution in [0, 0.1) is 17.0 Å². The van der Waals surface area contributed by atoms with Crippen LogP contribution in [0.2, 0.25) is 0 Å². The zero-order valence-electron chi connectivity index (χ0n) is 21.7. The van der Waals surface area contributed by atoms with Crippen molar-refractivity contribution >= 4 is 34.9 Å². The van der Waals surface area contributed by atoms with Gasteiger partial charge >= 0.3 is 0 Å². The molecule has 3 heterocycles. The quantitative estimate of drug-likeness (QED) is 0.237. The Labute approximate surface area is 237 Å². The third-order valence-electron chi connectivity index (χ3n) is 6.92. The van der Waals surface area contributed by atoms with Crippen molar-refractivity contribution in [2.45, 2.75) is 24.8 Å². The Morgan fingerprint density at radius 2 is 1.78 bits per heavy atom. The number of benzene rings is 2. The average molecular weight is 584 g/mol. The van der Waals surface area contributed by atoms with Crippen molar-refractivity contribution in [3.63, 3.8) is 0 Å². The molecule has 1 unspecified atom stereocenters. The van der Waals surface area contributed by atoms with E-state index in [2.05, 4.69) is 10.6 Å². The number of carbonyl (C=O) groups excluding carboxylic acids is 3. The fourth-order valence-corrected chi connectivity index (χ4v) is 5.66. The van der Waals surface area contributed by atoms with Gasteiger partial charge in [0.15, 0.2) is 5.79 Å². The monoisotopic (exact) mass is 583 g/mol. The van der Waals surface area contributed by atoms with Crippen molar-refractivity contribution in [1.82, 2.24) is 15.5 Å². The van der Waals surface area contributed by atoms with Gasteiger partial charge in [-0.15, -0.1) is 11.3 Å². The Hall–Kier alpha value is -4.20. The minimum absolute atomic E-state index is 0.0329. The summed E-state index contributed by atoms with van der Waals surface area (Å²) in [4.78, 5) is 41.2. The predicted molar refractivity (Wildman–Crippen MR) is 146 cm³/mol. The van der Waals surface area contributed by atoms with Crippen molar-refractivity contribution in [3.05, 3.63) is 81.5 Å². The Kier molecular flexibility index (Phi) is 8.10. The van der Waals surface area contributed by atoms with Gasteiger partial charge in [0.25, 0.3) is 5.91 Å². The molecule has 3 amide bonds. The first kappa shape index (κ1) is 28.3. The van der Waals surface area contributed by atoms with E-state index in [1.807, 2.05) is 0 Å². The fourth-order valence-electron chi connectivity index (χ4n) is 4.83. The molecule has 1 aromatic heterocycles. The van der Waals surface area contributed by atoms with Crippen LogP contribution in [-0.4, -0.2) is 66.6 Å². The molecule has 5 rings (SSSR count). The molecule has 1 atom stereocenters. The van der Waals surface area contributed by atoms with Crippen LogP contribution in [0.15, 0.2) is 53.9 Å². The summed E-state index contributed by atoms with van der Waals surface area (Å²) in [5.74, 6) is -3.99. The van der Waals surface area contributed by atoms with Gasteiger partial charge in [0, 0.05) is 39.4 Å². The maximum Gasteiger partial charge on any atom is 0.251 e. The third-order valence-corrected chi connectivity index (χ3v) is 7.86. The predicted octanol–water partition coefficient (Wildman–Crippen LogP) is 2.37. The number of amidine groups is 1. The zero-order valence-corrected chi connectivity index (χ0v) is 22.6. The lowest BCUT2D eigenvalue weighted by Crippen LogP contribution is -2.49. The molecule has 1 spiro atoms. The molecule has 2 saturated heterocycles. The van der Waals surface area contributed by atoms with Crippen molar-refractivity contribution in [3.8, 4) is 11.1 Å². The van der Waals surface area contributed by atoms with E-state index in [9.17, 15) is 23.2 Å². The van der Waals surface area contributed by atoms with Crippen LogP contribution in [0.1, 0.15) is 27.2 Å². The molecule has 0 saturated carbocycles. The second-order valence-electron chi connectivity index (χ2n) is 9.67. The molecule has 13 heteroatoms. The van der Waals surface area contributed by atoms with Crippen molar-refractivity contribution in [2.75, 3.05) is 26.3 Å². The summed E-state index contributed by atoms with van der Waals surface area (Å²) in [5, 5.41) is 14.6. The first-order chi connectivity index (χ1) is 19.6. The van der Waals surface area contributed by atoms with Gasteiger partial charge < -0.3 is 30.7 Å². The van der Waals surface area contributed by atoms with Gasteiger partial charge in [-0.05, 0) is 35.9 Å². The molecular formula is C28H27F2N5O5S. The van der Waals surface area contributed by atoms with Gasteiger partial charge in [-0.2, -0.15) is 0 Å². The van der Waals surface area contributed by atoms with E-state index in [0.717, 1.165) is 17.0 Å². The highest BCUT2D eigenvalue weighted by molar-refractivity contribution is 7.10. The summed E-state index contributed by atoms with van der Waals surface area (Å²) in [6.45, 7) is 0.533. The van der Waals surface area contributed by atoms with E-state index in [-0.39, 0.29) is 43.0 Å². The molecule has 2 aliphatic heterocycles. The zero-order chi connectivity index (χ0) is 29.1. The molecule has 3 aromatic rings. The number of rotatable bonds is 8. The summed E-state index contributed by atoms with van der Waals surface area (Å²) >= 11 is 1.35. The van der Waals surface area contributed by atoms with E-state index < -0.39 is 41.2 Å². The van der Waals surface area contributed by atoms with Crippen molar-refractivity contribution in [1.29, 1.82) is 5.41 Å². The Balaban J connectivity index is 1.21. The smallest absolute Gasteiger partial charge is 0.251 e. The number of carbonyl (C=O) groups is 3. The number of nitrogens with zero attached hydrogens (tertiary/aromatic N) is 1. The number of hydrogen-bond donors (Lipinski definition) is 4. The first-order valence-corrected chi connectivity index (χ1v) is 13.6. The number of thiophene rings is 1. The van der Waals surface area contributed by atoms with E-state index >= 15 is 0 Å². The topological polar surface area (TPSA) is 147 Å². The summed E-state index contributed by atoms with van der Waals surface area (Å²) in [6, 6.07) is 10.1. The lowest BCUT2D eigenvalue weighted by molar-refractivity contribution is -0.152. The highest BCUT2D eigenvalue weighted by Crippen LogP contribution is 2.35. The number of amides is 3. The van der Waals surface area contributed by atoms with Gasteiger partial charge in [-0.25, -0.2) is 8.78 Å². The number of likely N-dealkylation sites (tertiary alicyclic amines) is 1. The van der Waals surface area contributed by atoms with Crippen molar-refractivity contribution < 1.29 is 32.6 Å². The molecule has 2 aliphatic rings. The van der Waals surface area contributed by atoms with E-state index in [1.165, 1.54) is 46.6 Å². The number of nitrogen functional groups attached to an aromatic ring is 1. The van der Waals surface area contributed by atoms with Crippen LogP contribution in [0.25, 0.3) is 11.1 Å². The van der Waals surface area contributed by atoms with Gasteiger partial charge in [-0.1, -0.05) is 12.1 Å². The van der Waals surface area contributed by atoms with Crippen molar-refractivity contribution in [2.24, 2.45) is 5.73 Å². The Morgan fingerprint density at radius 1 is 1.05 bits per heavy atom. The highest BCUT2D eigenvalue weighted by atomic mass is 32.1. The molecule has 0 radical (unpaired) electrons. The molecule has 0 aliphatic carbocycles. The molecule has 10 nitrogen and oxygen atoms in total. The fraction of sp³-hybridized carbons (Fsp3) is 0.286. The Bertz CT molecular complexity index is 1490. The average Bonchev–Trinajstić information content (AvgIpc) is 3.71. The number of halogens is 2. The van der Waals surface area contributed by atoms with E-state index in [0.29, 0.717) is 24.3 Å². The number of hydrogen-bond acceptors (Lipinski definition) is 7. The largest absolute Gasteiger partial charge is 0.384 e. The third kappa shape index (κ3) is 6.26. The number of ether oxygens (including phenoxy) is 2. The van der Waals surface area contributed by atoms with Crippen LogP contribution >= 0.6 is 11.3 Å². The summed E-state index contributed by atoms with van der Waals surface area (Å²) in [7, 11) is 0. The van der Waals surface area contributed by atoms with Crippen LogP contribution in [0.5, 0.6) is 0 Å². The second-order valence-corrected chi connectivity index (χ2v) is 10.7. The Morgan fingerprint density at radius 3 is 2.44 bits per heavy atom. The maximum atomic E-state index is 14.1. The molecule has 2 aromatic carbocycles. The van der Waals surface area contributed by atoms with Crippen LogP contribution in [0.4, 0.5) is 8.78 Å². The van der Waals surface area contributed by atoms with E-state index in [4.69, 9.17) is 20.6 Å². The minimum atomic E-state index is -1.09. The molecular weight excluding hydrogens is 556 g/mol. The molecule has 5 N–H and O–H groups in total. The maximum absolute atomic E-state index is 14.1. The lowest BCUT2D eigenvalue weighted by Gasteiger charge is -2.24. The number of nitrogens with two attached hydrogens (primary N) is 1. The first-order valence-electron chi connectivity index (χ1n) is 12.7. The molecule has 2 fully saturated rings. The van der Waals surface area contributed by atoms with E-state index in [1.54, 1.807) is 11.4 Å². The van der Waals surface area contributed by atoms with Crippen LogP contribution in [0.3, 0.4) is 0 Å². The molecule has 0 bridgehead atoms. The number of nitrogens with one attached hydrogen (secondary N) is 3. The van der Waals surface area contributed by atoms with Gasteiger partial charge in [0.2, 0.25) is 11.8 Å². The van der Waals surface area contributed by atoms with Crippen LogP contribution < -0.4 is 16.4 Å². The van der Waals surface area contributed by atoms with Gasteiger partial charge in [0.1, 0.15) is 23.5 Å². The normalized spacial score (nSPS) is 17.5. The lowest BCUT2D eigenvalue weighted by atomic mass is 10.0. The second kappa shape index (κ2) is 11.7. The summed E-state index contributed by atoms with van der Waals surface area (Å²) < 4.78 is 38.8. The summed E-state index contributed by atoms with van der Waals surface area (Å²) in [5.41, 5.74) is 6.96. The minimum Gasteiger partial charge on any atom is -0.384 e. The molecule has 214 valence electrons. The van der Waals surface area contributed by atoms with Gasteiger partial charge in [-0.3, -0.25) is 19.8 Å². The molecule has 41 heavy (non-hydrogen) atoms.